The second kappa shape index (κ2) is 7.81. The first-order valence-electron chi connectivity index (χ1n) is 7.88. The highest BCUT2D eigenvalue weighted by atomic mass is 16.3. The Kier molecular flexibility index (Phi) is 5.11. The highest BCUT2D eigenvalue weighted by Crippen LogP contribution is 2.12. The second-order valence-electron chi connectivity index (χ2n) is 5.49. The van der Waals surface area contributed by atoms with Crippen LogP contribution in [0.4, 0.5) is 5.69 Å². The van der Waals surface area contributed by atoms with Crippen LogP contribution in [0.25, 0.3) is 0 Å². The smallest absolute Gasteiger partial charge is 0.255 e. The number of hydrogen-bond acceptors (Lipinski definition) is 4. The fraction of sp³-hybridized carbons (Fsp3) is 0.0500. The number of hydrogen-bond donors (Lipinski definition) is 2. The monoisotopic (exact) mass is 345 g/mol. The van der Waals surface area contributed by atoms with Gasteiger partial charge in [0, 0.05) is 16.8 Å². The van der Waals surface area contributed by atoms with E-state index in [0.717, 1.165) is 0 Å². The van der Waals surface area contributed by atoms with E-state index in [-0.39, 0.29) is 11.8 Å². The van der Waals surface area contributed by atoms with E-state index in [4.69, 9.17) is 9.68 Å². The molecule has 0 bridgehead atoms. The lowest BCUT2D eigenvalue weighted by Crippen LogP contribution is -2.22. The summed E-state index contributed by atoms with van der Waals surface area (Å²) in [6.45, 7) is 0.295. The fourth-order valence-electron chi connectivity index (χ4n) is 2.33. The zero-order valence-corrected chi connectivity index (χ0v) is 13.7. The van der Waals surface area contributed by atoms with Crippen molar-refractivity contribution in [2.75, 3.05) is 5.32 Å². The van der Waals surface area contributed by atoms with Gasteiger partial charge < -0.3 is 15.1 Å². The predicted molar refractivity (Wildman–Crippen MR) is 95.4 cm³/mol. The van der Waals surface area contributed by atoms with Crippen LogP contribution in [0.1, 0.15) is 32.0 Å². The van der Waals surface area contributed by atoms with Crippen LogP contribution in [0.2, 0.25) is 0 Å². The lowest BCUT2D eigenvalue weighted by molar-refractivity contribution is 0.0946. The van der Waals surface area contributed by atoms with Crippen LogP contribution in [0.3, 0.4) is 0 Å². The summed E-state index contributed by atoms with van der Waals surface area (Å²) in [6, 6.07) is 18.5. The molecule has 0 spiro atoms. The lowest BCUT2D eigenvalue weighted by Gasteiger charge is -2.07. The van der Waals surface area contributed by atoms with Gasteiger partial charge in [-0.2, -0.15) is 5.26 Å². The molecule has 3 aromatic rings. The van der Waals surface area contributed by atoms with Gasteiger partial charge in [0.1, 0.15) is 5.76 Å². The van der Waals surface area contributed by atoms with E-state index in [9.17, 15) is 9.59 Å². The number of furan rings is 1. The van der Waals surface area contributed by atoms with Crippen LogP contribution >= 0.6 is 0 Å². The molecule has 6 nitrogen and oxygen atoms in total. The van der Waals surface area contributed by atoms with Crippen molar-refractivity contribution in [3.63, 3.8) is 0 Å². The van der Waals surface area contributed by atoms with E-state index < -0.39 is 0 Å². The molecule has 0 aliphatic rings. The Morgan fingerprint density at radius 2 is 1.69 bits per heavy atom. The van der Waals surface area contributed by atoms with Gasteiger partial charge in [0.2, 0.25) is 0 Å². The molecule has 0 aliphatic heterocycles. The Morgan fingerprint density at radius 3 is 2.35 bits per heavy atom. The van der Waals surface area contributed by atoms with Crippen LogP contribution < -0.4 is 10.6 Å². The molecule has 0 saturated heterocycles. The molecule has 128 valence electrons. The quantitative estimate of drug-likeness (QED) is 0.741. The Bertz CT molecular complexity index is 955. The molecule has 0 fully saturated rings. The van der Waals surface area contributed by atoms with E-state index in [2.05, 4.69) is 10.6 Å². The van der Waals surface area contributed by atoms with Crippen LogP contribution in [0, 0.1) is 11.3 Å². The summed E-state index contributed by atoms with van der Waals surface area (Å²) in [6.07, 6.45) is 1.54. The Balaban J connectivity index is 1.62. The molecule has 3 rings (SSSR count). The molecule has 2 amide bonds. The number of carbonyl (C=O) groups excluding carboxylic acids is 2. The highest BCUT2D eigenvalue weighted by Gasteiger charge is 2.10. The van der Waals surface area contributed by atoms with Crippen molar-refractivity contribution in [3.8, 4) is 6.07 Å². The van der Waals surface area contributed by atoms with Gasteiger partial charge in [-0.1, -0.05) is 6.07 Å². The van der Waals surface area contributed by atoms with E-state index >= 15 is 0 Å². The molecular formula is C20H15N3O3. The summed E-state index contributed by atoms with van der Waals surface area (Å²) in [5.41, 5.74) is 1.86. The van der Waals surface area contributed by atoms with Crippen molar-refractivity contribution in [1.29, 1.82) is 5.26 Å². The van der Waals surface area contributed by atoms with Crippen molar-refractivity contribution in [2.45, 2.75) is 6.54 Å². The summed E-state index contributed by atoms with van der Waals surface area (Å²) in [5.74, 6) is 0.0895. The van der Waals surface area contributed by atoms with Gasteiger partial charge in [0.05, 0.1) is 24.4 Å². The maximum atomic E-state index is 12.3. The maximum Gasteiger partial charge on any atom is 0.255 e. The van der Waals surface area contributed by atoms with Crippen molar-refractivity contribution in [2.24, 2.45) is 0 Å². The molecule has 0 saturated carbocycles. The summed E-state index contributed by atoms with van der Waals surface area (Å²) in [7, 11) is 0. The van der Waals surface area contributed by atoms with Gasteiger partial charge >= 0.3 is 0 Å². The topological polar surface area (TPSA) is 95.1 Å². The number of anilines is 1. The summed E-state index contributed by atoms with van der Waals surface area (Å²) in [5, 5.41) is 14.4. The third kappa shape index (κ3) is 4.16. The minimum absolute atomic E-state index is 0.255. The Hall–Kier alpha value is -3.85. The van der Waals surface area contributed by atoms with Crippen LogP contribution in [-0.4, -0.2) is 11.8 Å². The summed E-state index contributed by atoms with van der Waals surface area (Å²) >= 11 is 0. The number of nitriles is 1. The predicted octanol–water partition coefficient (Wildman–Crippen LogP) is 3.33. The average Bonchev–Trinajstić information content (AvgIpc) is 3.20. The number of benzene rings is 2. The minimum Gasteiger partial charge on any atom is -0.467 e. The molecule has 1 aromatic heterocycles. The first-order chi connectivity index (χ1) is 12.7. The molecule has 6 heteroatoms. The lowest BCUT2D eigenvalue weighted by atomic mass is 10.1. The van der Waals surface area contributed by atoms with E-state index in [1.54, 1.807) is 66.9 Å². The van der Waals surface area contributed by atoms with Crippen molar-refractivity contribution in [3.05, 3.63) is 89.4 Å². The molecule has 0 unspecified atom stereocenters. The van der Waals surface area contributed by atoms with Gasteiger partial charge in [-0.15, -0.1) is 0 Å². The normalized spacial score (nSPS) is 9.96. The average molecular weight is 345 g/mol. The molecule has 0 atom stereocenters. The molecule has 1 heterocycles. The maximum absolute atomic E-state index is 12.3. The van der Waals surface area contributed by atoms with Crippen molar-refractivity contribution in [1.82, 2.24) is 5.32 Å². The third-order valence-corrected chi connectivity index (χ3v) is 3.66. The van der Waals surface area contributed by atoms with E-state index in [1.807, 2.05) is 6.07 Å². The fourth-order valence-corrected chi connectivity index (χ4v) is 2.33. The van der Waals surface area contributed by atoms with Gasteiger partial charge in [0.25, 0.3) is 11.8 Å². The standard InChI is InChI=1S/C20H15N3O3/c21-12-14-3-1-4-17(11-14)23-20(25)16-8-6-15(7-9-16)19(24)22-13-18-5-2-10-26-18/h1-11H,13H2,(H,22,24)(H,23,25). The molecule has 0 radical (unpaired) electrons. The SMILES string of the molecule is N#Cc1cccc(NC(=O)c2ccc(C(=O)NCc3ccco3)cc2)c1. The van der Waals surface area contributed by atoms with Crippen molar-refractivity contribution < 1.29 is 14.0 Å². The van der Waals surface area contributed by atoms with Crippen LogP contribution in [0.5, 0.6) is 0 Å². The van der Waals surface area contributed by atoms with Gasteiger partial charge in [-0.05, 0) is 54.6 Å². The van der Waals surface area contributed by atoms with Crippen molar-refractivity contribution >= 4 is 17.5 Å². The molecule has 2 N–H and O–H groups in total. The largest absolute Gasteiger partial charge is 0.467 e. The number of rotatable bonds is 5. The van der Waals surface area contributed by atoms with Gasteiger partial charge in [-0.25, -0.2) is 0 Å². The van der Waals surface area contributed by atoms with Crippen LogP contribution in [-0.2, 0) is 6.54 Å². The molecule has 2 aromatic carbocycles. The number of carbonyl (C=O) groups is 2. The Labute approximate surface area is 150 Å². The highest BCUT2D eigenvalue weighted by molar-refractivity contribution is 6.05. The van der Waals surface area contributed by atoms with Crippen LogP contribution in [0.15, 0.2) is 71.3 Å². The second-order valence-corrected chi connectivity index (χ2v) is 5.49. The number of amides is 2. The third-order valence-electron chi connectivity index (χ3n) is 3.66. The summed E-state index contributed by atoms with van der Waals surface area (Å²) in [4.78, 5) is 24.4. The first kappa shape index (κ1) is 17.0. The zero-order chi connectivity index (χ0) is 18.4. The summed E-state index contributed by atoms with van der Waals surface area (Å²) < 4.78 is 5.16. The van der Waals surface area contributed by atoms with E-state index in [1.165, 1.54) is 0 Å². The molecule has 0 aliphatic carbocycles. The Morgan fingerprint density at radius 1 is 0.962 bits per heavy atom. The first-order valence-corrected chi connectivity index (χ1v) is 7.88. The van der Waals surface area contributed by atoms with Gasteiger partial charge in [0.15, 0.2) is 0 Å². The molecule has 26 heavy (non-hydrogen) atoms. The zero-order valence-electron chi connectivity index (χ0n) is 13.7. The number of nitrogens with zero attached hydrogens (tertiary/aromatic N) is 1. The minimum atomic E-state index is -0.317. The molecular weight excluding hydrogens is 330 g/mol. The van der Waals surface area contributed by atoms with Gasteiger partial charge in [-0.3, -0.25) is 9.59 Å². The van der Waals surface area contributed by atoms with E-state index in [0.29, 0.717) is 34.7 Å². The number of nitrogens with one attached hydrogen (secondary N) is 2.